The first-order valence-corrected chi connectivity index (χ1v) is 10.9. The van der Waals surface area contributed by atoms with Gasteiger partial charge < -0.3 is 9.30 Å². The zero-order valence-corrected chi connectivity index (χ0v) is 17.0. The molecule has 0 N–H and O–H groups in total. The summed E-state index contributed by atoms with van der Waals surface area (Å²) in [7, 11) is -2.24. The summed E-state index contributed by atoms with van der Waals surface area (Å²) in [6.45, 7) is 1.59. The Morgan fingerprint density at radius 3 is 2.96 bits per heavy atom. The third-order valence-corrected chi connectivity index (χ3v) is 7.18. The van der Waals surface area contributed by atoms with Crippen LogP contribution in [0.15, 0.2) is 47.8 Å². The van der Waals surface area contributed by atoms with Crippen LogP contribution < -0.4 is 4.74 Å². The van der Waals surface area contributed by atoms with Crippen molar-refractivity contribution in [3.8, 4) is 5.75 Å². The van der Waals surface area contributed by atoms with Gasteiger partial charge >= 0.3 is 0 Å². The first-order chi connectivity index (χ1) is 13.5. The number of sulfonamides is 1. The molecule has 3 aromatic rings. The number of hydrogen-bond donors (Lipinski definition) is 0. The van der Waals surface area contributed by atoms with Crippen LogP contribution in [0.3, 0.4) is 0 Å². The molecule has 28 heavy (non-hydrogen) atoms. The van der Waals surface area contributed by atoms with Gasteiger partial charge in [0.15, 0.2) is 5.65 Å². The predicted octanol–water partition coefficient (Wildman–Crippen LogP) is 3.19. The van der Waals surface area contributed by atoms with Crippen molar-refractivity contribution in [1.82, 2.24) is 18.8 Å². The molecule has 148 valence electrons. The smallest absolute Gasteiger partial charge is 0.246 e. The second kappa shape index (κ2) is 7.69. The van der Waals surface area contributed by atoms with Gasteiger partial charge in [0.25, 0.3) is 0 Å². The van der Waals surface area contributed by atoms with Crippen molar-refractivity contribution in [3.63, 3.8) is 0 Å². The molecule has 0 bridgehead atoms. The number of fused-ring (bicyclic) bond motifs is 1. The highest BCUT2D eigenvalue weighted by atomic mass is 35.5. The number of rotatable bonds is 5. The molecule has 7 nitrogen and oxygen atoms in total. The highest BCUT2D eigenvalue weighted by Gasteiger charge is 2.32. The molecule has 0 amide bonds. The number of methoxy groups -OCH3 is 1. The summed E-state index contributed by atoms with van der Waals surface area (Å²) in [6, 6.07) is 8.43. The fourth-order valence-corrected chi connectivity index (χ4v) is 5.67. The molecule has 1 saturated heterocycles. The van der Waals surface area contributed by atoms with Crippen LogP contribution in [0.5, 0.6) is 5.75 Å². The van der Waals surface area contributed by atoms with E-state index in [0.717, 1.165) is 24.0 Å². The van der Waals surface area contributed by atoms with Gasteiger partial charge in [-0.05, 0) is 49.1 Å². The normalized spacial score (nSPS) is 18.4. The summed E-state index contributed by atoms with van der Waals surface area (Å²) in [4.78, 5) is 8.87. The molecule has 3 heterocycles. The van der Waals surface area contributed by atoms with Crippen LogP contribution in [0.1, 0.15) is 12.8 Å². The number of hydrogen-bond acceptors (Lipinski definition) is 5. The predicted molar refractivity (Wildman–Crippen MR) is 107 cm³/mol. The Labute approximate surface area is 169 Å². The Kier molecular flexibility index (Phi) is 5.27. The SMILES string of the molecule is COc1ccc(Cl)cc1S(=O)(=O)N1CCCC(Cn2cnc3cccnc32)C1. The Hall–Kier alpha value is -2.16. The van der Waals surface area contributed by atoms with Crippen molar-refractivity contribution in [2.45, 2.75) is 24.3 Å². The van der Waals surface area contributed by atoms with E-state index in [-0.39, 0.29) is 10.8 Å². The summed E-state index contributed by atoms with van der Waals surface area (Å²) in [6.07, 6.45) is 5.26. The van der Waals surface area contributed by atoms with Gasteiger partial charge in [0.1, 0.15) is 16.2 Å². The molecule has 0 spiro atoms. The average molecular weight is 421 g/mol. The van der Waals surface area contributed by atoms with Gasteiger partial charge in [-0.25, -0.2) is 18.4 Å². The first-order valence-electron chi connectivity index (χ1n) is 9.08. The molecule has 2 aromatic heterocycles. The number of imidazole rings is 1. The summed E-state index contributed by atoms with van der Waals surface area (Å²) >= 11 is 6.04. The molecular formula is C19H21ClN4O3S. The highest BCUT2D eigenvalue weighted by Crippen LogP contribution is 2.32. The van der Waals surface area contributed by atoms with Crippen LogP contribution in [0.2, 0.25) is 5.02 Å². The number of ether oxygens (including phenoxy) is 1. The largest absolute Gasteiger partial charge is 0.495 e. The minimum Gasteiger partial charge on any atom is -0.495 e. The number of halogens is 1. The molecule has 1 unspecified atom stereocenters. The van der Waals surface area contributed by atoms with Crippen molar-refractivity contribution in [1.29, 1.82) is 0 Å². The lowest BCUT2D eigenvalue weighted by Gasteiger charge is -2.32. The van der Waals surface area contributed by atoms with Crippen molar-refractivity contribution in [2.75, 3.05) is 20.2 Å². The van der Waals surface area contributed by atoms with E-state index in [4.69, 9.17) is 16.3 Å². The molecule has 1 aliphatic heterocycles. The maximum absolute atomic E-state index is 13.2. The third-order valence-electron chi connectivity index (χ3n) is 5.05. The Morgan fingerprint density at radius 2 is 2.14 bits per heavy atom. The van der Waals surface area contributed by atoms with E-state index in [1.807, 2.05) is 16.7 Å². The van der Waals surface area contributed by atoms with E-state index in [1.165, 1.54) is 17.5 Å². The molecule has 0 radical (unpaired) electrons. The van der Waals surface area contributed by atoms with Gasteiger partial charge in [-0.15, -0.1) is 0 Å². The van der Waals surface area contributed by atoms with Gasteiger partial charge in [-0.2, -0.15) is 4.31 Å². The molecule has 1 atom stereocenters. The van der Waals surface area contributed by atoms with Crippen LogP contribution in [-0.2, 0) is 16.6 Å². The first kappa shape index (κ1) is 19.2. The summed E-state index contributed by atoms with van der Waals surface area (Å²) in [5, 5.41) is 0.365. The van der Waals surface area contributed by atoms with Gasteiger partial charge in [-0.3, -0.25) is 0 Å². The summed E-state index contributed by atoms with van der Waals surface area (Å²) in [5.41, 5.74) is 1.66. The fourth-order valence-electron chi connectivity index (χ4n) is 3.69. The lowest BCUT2D eigenvalue weighted by atomic mass is 10.00. The van der Waals surface area contributed by atoms with Gasteiger partial charge in [0.05, 0.1) is 13.4 Å². The standard InChI is InChI=1S/C19H21ClN4O3S/c1-27-17-7-6-15(20)10-18(17)28(25,26)24-9-3-4-14(12-24)11-23-13-22-16-5-2-8-21-19(16)23/h2,5-8,10,13-14H,3-4,9,11-12H2,1H3. The summed E-state index contributed by atoms with van der Waals surface area (Å²) < 4.78 is 35.2. The van der Waals surface area contributed by atoms with Crippen LogP contribution in [0.4, 0.5) is 0 Å². The molecule has 4 rings (SSSR count). The van der Waals surface area contributed by atoms with Crippen molar-refractivity contribution in [2.24, 2.45) is 5.92 Å². The van der Waals surface area contributed by atoms with E-state index >= 15 is 0 Å². The lowest BCUT2D eigenvalue weighted by molar-refractivity contribution is 0.246. The number of aromatic nitrogens is 3. The minimum absolute atomic E-state index is 0.109. The van der Waals surface area contributed by atoms with E-state index in [0.29, 0.717) is 30.4 Å². The number of nitrogens with zero attached hydrogens (tertiary/aromatic N) is 4. The molecule has 0 saturated carbocycles. The van der Waals surface area contributed by atoms with E-state index in [2.05, 4.69) is 9.97 Å². The van der Waals surface area contributed by atoms with Crippen LogP contribution >= 0.6 is 11.6 Å². The number of pyridine rings is 1. The van der Waals surface area contributed by atoms with Gasteiger partial charge in [0.2, 0.25) is 10.0 Å². The van der Waals surface area contributed by atoms with E-state index in [9.17, 15) is 8.42 Å². The molecule has 9 heteroatoms. The minimum atomic E-state index is -3.70. The summed E-state index contributed by atoms with van der Waals surface area (Å²) in [5.74, 6) is 0.476. The molecular weight excluding hydrogens is 400 g/mol. The third kappa shape index (κ3) is 3.59. The Balaban J connectivity index is 1.57. The van der Waals surface area contributed by atoms with Crippen molar-refractivity contribution in [3.05, 3.63) is 47.9 Å². The van der Waals surface area contributed by atoms with Crippen molar-refractivity contribution < 1.29 is 13.2 Å². The van der Waals surface area contributed by atoms with Crippen molar-refractivity contribution >= 4 is 32.8 Å². The maximum Gasteiger partial charge on any atom is 0.246 e. The molecule has 1 fully saturated rings. The van der Waals surface area contributed by atoms with Gasteiger partial charge in [0, 0.05) is 30.9 Å². The quantitative estimate of drug-likeness (QED) is 0.633. The van der Waals surface area contributed by atoms with E-state index < -0.39 is 10.0 Å². The topological polar surface area (TPSA) is 77.3 Å². The maximum atomic E-state index is 13.2. The van der Waals surface area contributed by atoms with Gasteiger partial charge in [-0.1, -0.05) is 11.6 Å². The molecule has 1 aliphatic rings. The lowest BCUT2D eigenvalue weighted by Crippen LogP contribution is -2.41. The zero-order chi connectivity index (χ0) is 19.7. The average Bonchev–Trinajstić information content (AvgIpc) is 3.11. The monoisotopic (exact) mass is 420 g/mol. The Bertz CT molecular complexity index is 1100. The fraction of sp³-hybridized carbons (Fsp3) is 0.368. The van der Waals surface area contributed by atoms with Crippen LogP contribution in [0, 0.1) is 5.92 Å². The van der Waals surface area contributed by atoms with Crippen LogP contribution in [0.25, 0.3) is 11.2 Å². The number of benzene rings is 1. The molecule has 0 aliphatic carbocycles. The highest BCUT2D eigenvalue weighted by molar-refractivity contribution is 7.89. The Morgan fingerprint density at radius 1 is 1.29 bits per heavy atom. The molecule has 1 aromatic carbocycles. The second-order valence-electron chi connectivity index (χ2n) is 6.91. The number of piperidine rings is 1. The zero-order valence-electron chi connectivity index (χ0n) is 15.5. The second-order valence-corrected chi connectivity index (χ2v) is 9.25. The van der Waals surface area contributed by atoms with E-state index in [1.54, 1.807) is 24.7 Å². The van der Waals surface area contributed by atoms with Crippen LogP contribution in [-0.4, -0.2) is 47.5 Å².